The highest BCUT2D eigenvalue weighted by atomic mass is 16.1. The van der Waals surface area contributed by atoms with Gasteiger partial charge >= 0.3 is 0 Å². The largest absolute Gasteiger partial charge is 0.364 e. The van der Waals surface area contributed by atoms with Crippen LogP contribution in [0.15, 0.2) is 36.5 Å². The number of carbonyl (C=O) groups is 1. The molecular weight excluding hydrogens is 254 g/mol. The Morgan fingerprint density at radius 1 is 1.25 bits per heavy atom. The lowest BCUT2D eigenvalue weighted by molar-refractivity contribution is 0.0996. The molecule has 0 bridgehead atoms. The summed E-state index contributed by atoms with van der Waals surface area (Å²) >= 11 is 0. The molecule has 0 radical (unpaired) electrons. The monoisotopic (exact) mass is 267 g/mol. The van der Waals surface area contributed by atoms with Crippen LogP contribution in [0.25, 0.3) is 22.4 Å². The van der Waals surface area contributed by atoms with Crippen LogP contribution in [-0.2, 0) is 6.54 Å². The molecule has 3 aromatic rings. The molecule has 100 valence electrons. The van der Waals surface area contributed by atoms with Crippen LogP contribution in [0.1, 0.15) is 17.4 Å². The van der Waals surface area contributed by atoms with Gasteiger partial charge < -0.3 is 5.73 Å². The third kappa shape index (κ3) is 1.91. The van der Waals surface area contributed by atoms with Crippen molar-refractivity contribution in [2.75, 3.05) is 0 Å². The zero-order valence-corrected chi connectivity index (χ0v) is 10.9. The molecule has 0 spiro atoms. The average molecular weight is 267 g/mol. The molecule has 2 heterocycles. The quantitative estimate of drug-likeness (QED) is 0.781. The van der Waals surface area contributed by atoms with Gasteiger partial charge in [-0.15, -0.1) is 0 Å². The first kappa shape index (κ1) is 12.3. The van der Waals surface area contributed by atoms with Crippen LogP contribution in [0.2, 0.25) is 0 Å². The minimum absolute atomic E-state index is 0.166. The van der Waals surface area contributed by atoms with Crippen molar-refractivity contribution in [3.8, 4) is 11.3 Å². The Labute approximate surface area is 115 Å². The molecule has 0 unspecified atom stereocenters. The van der Waals surface area contributed by atoms with Crippen molar-refractivity contribution in [1.29, 1.82) is 0 Å². The van der Waals surface area contributed by atoms with Crippen molar-refractivity contribution in [2.45, 2.75) is 13.5 Å². The summed E-state index contributed by atoms with van der Waals surface area (Å²) in [5.74, 6) is -0.595. The fraction of sp³-hybridized carbons (Fsp3) is 0.143. The first-order chi connectivity index (χ1) is 9.70. The molecule has 0 aliphatic rings. The van der Waals surface area contributed by atoms with E-state index in [1.165, 1.54) is 0 Å². The van der Waals surface area contributed by atoms with Crippen molar-refractivity contribution >= 4 is 17.1 Å². The summed E-state index contributed by atoms with van der Waals surface area (Å²) in [4.78, 5) is 20.4. The number of amides is 1. The number of rotatable bonds is 3. The Morgan fingerprint density at radius 3 is 2.65 bits per heavy atom. The van der Waals surface area contributed by atoms with Crippen LogP contribution < -0.4 is 5.73 Å². The van der Waals surface area contributed by atoms with Gasteiger partial charge in [0.2, 0.25) is 0 Å². The van der Waals surface area contributed by atoms with Crippen molar-refractivity contribution in [3.63, 3.8) is 0 Å². The van der Waals surface area contributed by atoms with Crippen LogP contribution in [0, 0.1) is 0 Å². The van der Waals surface area contributed by atoms with E-state index in [0.717, 1.165) is 5.56 Å². The molecule has 0 fully saturated rings. The summed E-state index contributed by atoms with van der Waals surface area (Å²) in [6.07, 6.45) is 1.59. The van der Waals surface area contributed by atoms with E-state index in [2.05, 4.69) is 15.1 Å². The lowest BCUT2D eigenvalue weighted by Crippen LogP contribution is -2.16. The first-order valence-corrected chi connectivity index (χ1v) is 6.29. The topological polar surface area (TPSA) is 86.7 Å². The molecule has 6 heteroatoms. The van der Waals surface area contributed by atoms with Gasteiger partial charge in [0.15, 0.2) is 11.3 Å². The number of primary amides is 1. The van der Waals surface area contributed by atoms with E-state index < -0.39 is 5.91 Å². The van der Waals surface area contributed by atoms with E-state index in [1.807, 2.05) is 37.3 Å². The third-order valence-electron chi connectivity index (χ3n) is 3.05. The summed E-state index contributed by atoms with van der Waals surface area (Å²) < 4.78 is 1.74. The molecule has 1 aromatic carbocycles. The van der Waals surface area contributed by atoms with E-state index in [9.17, 15) is 4.79 Å². The van der Waals surface area contributed by atoms with E-state index in [-0.39, 0.29) is 5.69 Å². The highest BCUT2D eigenvalue weighted by molar-refractivity contribution is 5.98. The van der Waals surface area contributed by atoms with Crippen LogP contribution >= 0.6 is 0 Å². The van der Waals surface area contributed by atoms with Crippen molar-refractivity contribution in [2.24, 2.45) is 5.73 Å². The SMILES string of the molecule is CCn1ncc2nc(C(N)=O)c(-c3ccccc3)nc21. The smallest absolute Gasteiger partial charge is 0.269 e. The maximum atomic E-state index is 11.6. The standard InChI is InChI=1S/C14H13N5O/c1-2-19-14-10(8-16-19)17-12(13(15)20)11(18-14)9-6-4-3-5-7-9/h3-8H,2H2,1H3,(H2,15,20). The fourth-order valence-electron chi connectivity index (χ4n) is 2.10. The lowest BCUT2D eigenvalue weighted by atomic mass is 10.1. The van der Waals surface area contributed by atoms with Gasteiger partial charge in [0.25, 0.3) is 5.91 Å². The number of aromatic nitrogens is 4. The second kappa shape index (κ2) is 4.73. The minimum Gasteiger partial charge on any atom is -0.364 e. The van der Waals surface area contributed by atoms with Gasteiger partial charge in [-0.3, -0.25) is 4.79 Å². The summed E-state index contributed by atoms with van der Waals surface area (Å²) in [6, 6.07) is 9.39. The first-order valence-electron chi connectivity index (χ1n) is 6.29. The normalized spacial score (nSPS) is 10.8. The number of nitrogens with two attached hydrogens (primary N) is 1. The molecule has 6 nitrogen and oxygen atoms in total. The van der Waals surface area contributed by atoms with E-state index in [0.29, 0.717) is 23.4 Å². The highest BCUT2D eigenvalue weighted by Gasteiger charge is 2.17. The number of fused-ring (bicyclic) bond motifs is 1. The van der Waals surface area contributed by atoms with Gasteiger partial charge in [0.05, 0.1) is 6.20 Å². The maximum absolute atomic E-state index is 11.6. The van der Waals surface area contributed by atoms with Gasteiger partial charge in [-0.2, -0.15) is 5.10 Å². The second-order valence-electron chi connectivity index (χ2n) is 4.32. The summed E-state index contributed by atoms with van der Waals surface area (Å²) in [5.41, 5.74) is 8.09. The maximum Gasteiger partial charge on any atom is 0.269 e. The molecule has 3 rings (SSSR count). The molecule has 0 saturated carbocycles. The zero-order valence-electron chi connectivity index (χ0n) is 10.9. The van der Waals surface area contributed by atoms with Crippen LogP contribution in [-0.4, -0.2) is 25.7 Å². The van der Waals surface area contributed by atoms with Gasteiger partial charge in [-0.1, -0.05) is 30.3 Å². The minimum atomic E-state index is -0.595. The van der Waals surface area contributed by atoms with E-state index in [4.69, 9.17) is 5.73 Å². The molecule has 0 atom stereocenters. The molecule has 20 heavy (non-hydrogen) atoms. The predicted octanol–water partition coefficient (Wildman–Crippen LogP) is 1.61. The Hall–Kier alpha value is -2.76. The van der Waals surface area contributed by atoms with Crippen molar-refractivity contribution in [3.05, 3.63) is 42.2 Å². The highest BCUT2D eigenvalue weighted by Crippen LogP contribution is 2.22. The molecule has 0 aliphatic carbocycles. The zero-order chi connectivity index (χ0) is 14.1. The van der Waals surface area contributed by atoms with E-state index in [1.54, 1.807) is 10.9 Å². The molecular formula is C14H13N5O. The Bertz CT molecular complexity index is 779. The third-order valence-corrected chi connectivity index (χ3v) is 3.05. The Morgan fingerprint density at radius 2 is 2.00 bits per heavy atom. The average Bonchev–Trinajstić information content (AvgIpc) is 2.88. The van der Waals surface area contributed by atoms with Gasteiger partial charge in [-0.25, -0.2) is 14.6 Å². The molecule has 2 aromatic heterocycles. The fourth-order valence-corrected chi connectivity index (χ4v) is 2.10. The molecule has 0 aliphatic heterocycles. The number of hydrogen-bond acceptors (Lipinski definition) is 4. The number of carbonyl (C=O) groups excluding carboxylic acids is 1. The molecule has 0 saturated heterocycles. The van der Waals surface area contributed by atoms with Crippen LogP contribution in [0.3, 0.4) is 0 Å². The van der Waals surface area contributed by atoms with Crippen LogP contribution in [0.4, 0.5) is 0 Å². The van der Waals surface area contributed by atoms with Crippen molar-refractivity contribution in [1.82, 2.24) is 19.7 Å². The summed E-state index contributed by atoms with van der Waals surface area (Å²) in [6.45, 7) is 2.65. The second-order valence-corrected chi connectivity index (χ2v) is 4.32. The number of aryl methyl sites for hydroxylation is 1. The molecule has 1 amide bonds. The lowest BCUT2D eigenvalue weighted by Gasteiger charge is -2.06. The van der Waals surface area contributed by atoms with Crippen molar-refractivity contribution < 1.29 is 4.79 Å². The van der Waals surface area contributed by atoms with E-state index >= 15 is 0 Å². The molecule has 2 N–H and O–H groups in total. The van der Waals surface area contributed by atoms with Gasteiger partial charge in [0, 0.05) is 12.1 Å². The number of benzene rings is 1. The van der Waals surface area contributed by atoms with Gasteiger partial charge in [-0.05, 0) is 6.92 Å². The summed E-state index contributed by atoms with van der Waals surface area (Å²) in [5, 5.41) is 4.19. The summed E-state index contributed by atoms with van der Waals surface area (Å²) in [7, 11) is 0. The predicted molar refractivity (Wildman–Crippen MR) is 75.0 cm³/mol. The van der Waals surface area contributed by atoms with Gasteiger partial charge in [0.1, 0.15) is 11.2 Å². The number of hydrogen-bond donors (Lipinski definition) is 1. The number of nitrogens with zero attached hydrogens (tertiary/aromatic N) is 4. The Balaban J connectivity index is 2.32. The Kier molecular flexibility index (Phi) is 2.90. The van der Waals surface area contributed by atoms with Crippen LogP contribution in [0.5, 0.6) is 0 Å².